The quantitative estimate of drug-likeness (QED) is 0.189. The van der Waals surface area contributed by atoms with Gasteiger partial charge in [-0.25, -0.2) is 10.0 Å². The molecule has 4 aromatic rings. The van der Waals surface area contributed by atoms with Crippen LogP contribution in [0.5, 0.6) is 0 Å². The summed E-state index contributed by atoms with van der Waals surface area (Å²) in [4.78, 5) is 4.64. The van der Waals surface area contributed by atoms with Crippen LogP contribution in [0.4, 0.5) is 0 Å². The van der Waals surface area contributed by atoms with Crippen LogP contribution in [-0.2, 0) is 15.6 Å². The van der Waals surface area contributed by atoms with Gasteiger partial charge in [0.05, 0.1) is 22.7 Å². The van der Waals surface area contributed by atoms with Gasteiger partial charge in [-0.1, -0.05) is 96.0 Å². The number of rotatable bonds is 6. The lowest BCUT2D eigenvalue weighted by molar-refractivity contribution is 0.463. The maximum atomic E-state index is 13.5. The van der Waals surface area contributed by atoms with Crippen LogP contribution >= 0.6 is 23.2 Å². The number of hydrogen-bond donors (Lipinski definition) is 2. The molecule has 43 heavy (non-hydrogen) atoms. The second-order valence-electron chi connectivity index (χ2n) is 10.4. The summed E-state index contributed by atoms with van der Waals surface area (Å²) in [6, 6.07) is 32.6. The fraction of sp³-hybridized carbons (Fsp3) is 0.156. The van der Waals surface area contributed by atoms with E-state index in [0.29, 0.717) is 16.6 Å². The Morgan fingerprint density at radius 1 is 0.884 bits per heavy atom. The Hall–Kier alpha value is -4.18. The third kappa shape index (κ3) is 7.25. The topological polar surface area (TPSA) is 113 Å². The Bertz CT molecular complexity index is 1780. The largest absolute Gasteiger partial charge is 0.370 e. The monoisotopic (exact) mass is 632 g/mol. The first-order valence-electron chi connectivity index (χ1n) is 13.5. The molecular weight excluding hydrogens is 603 g/mol. The van der Waals surface area contributed by atoms with Crippen molar-refractivity contribution in [1.29, 1.82) is 0 Å². The van der Waals surface area contributed by atoms with E-state index < -0.39 is 15.6 Å². The number of guanidine groups is 2. The van der Waals surface area contributed by atoms with E-state index in [1.165, 1.54) is 29.3 Å². The molecule has 1 heterocycles. The lowest BCUT2D eigenvalue weighted by Gasteiger charge is -2.23. The molecular formula is C32H30Cl2N6O2S. The van der Waals surface area contributed by atoms with Gasteiger partial charge in [0.1, 0.15) is 0 Å². The second-order valence-corrected chi connectivity index (χ2v) is 12.9. The van der Waals surface area contributed by atoms with Crippen molar-refractivity contribution in [2.24, 2.45) is 20.2 Å². The number of sulfonamides is 1. The molecule has 0 bridgehead atoms. The smallest absolute Gasteiger partial charge is 0.285 e. The second kappa shape index (κ2) is 12.6. The molecule has 4 aromatic carbocycles. The molecule has 0 amide bonds. The van der Waals surface area contributed by atoms with Crippen molar-refractivity contribution in [2.45, 2.75) is 30.2 Å². The molecule has 1 aliphatic heterocycles. The van der Waals surface area contributed by atoms with E-state index in [1.54, 1.807) is 12.1 Å². The number of halogens is 2. The van der Waals surface area contributed by atoms with Crippen LogP contribution in [0.25, 0.3) is 0 Å². The van der Waals surface area contributed by atoms with Crippen LogP contribution in [-0.4, -0.2) is 37.6 Å². The Morgan fingerprint density at radius 3 is 2.05 bits per heavy atom. The lowest BCUT2D eigenvalue weighted by atomic mass is 9.91. The molecule has 0 radical (unpaired) electrons. The molecule has 3 N–H and O–H groups in total. The Labute approximate surface area is 261 Å². The van der Waals surface area contributed by atoms with Gasteiger partial charge in [0, 0.05) is 16.0 Å². The van der Waals surface area contributed by atoms with Crippen molar-refractivity contribution < 1.29 is 8.42 Å². The zero-order chi connectivity index (χ0) is 30.6. The number of benzene rings is 4. The molecule has 0 aromatic heterocycles. The zero-order valence-corrected chi connectivity index (χ0v) is 25.9. The number of hydrogen-bond acceptors (Lipinski definition) is 4. The number of aliphatic imine (C=N–C) groups is 1. The van der Waals surface area contributed by atoms with Gasteiger partial charge in [0.15, 0.2) is 5.96 Å². The average Bonchev–Trinajstić information content (AvgIpc) is 3.44. The minimum atomic E-state index is -4.20. The average molecular weight is 634 g/mol. The van der Waals surface area contributed by atoms with Gasteiger partial charge >= 0.3 is 0 Å². The summed E-state index contributed by atoms with van der Waals surface area (Å²) in [6.07, 6.45) is 0. The summed E-state index contributed by atoms with van der Waals surface area (Å²) in [5.41, 5.74) is 9.19. The predicted octanol–water partition coefficient (Wildman–Crippen LogP) is 6.38. The summed E-state index contributed by atoms with van der Waals surface area (Å²) >= 11 is 12.2. The Kier molecular flexibility index (Phi) is 8.87. The van der Waals surface area contributed by atoms with Crippen molar-refractivity contribution in [2.75, 3.05) is 6.54 Å². The first-order valence-corrected chi connectivity index (χ1v) is 15.7. The van der Waals surface area contributed by atoms with Gasteiger partial charge in [-0.15, -0.1) is 4.40 Å². The molecule has 1 atom stereocenters. The van der Waals surface area contributed by atoms with Crippen LogP contribution in [0.2, 0.25) is 10.0 Å². The van der Waals surface area contributed by atoms with Crippen molar-refractivity contribution in [3.8, 4) is 0 Å². The molecule has 1 aliphatic rings. The zero-order valence-electron chi connectivity index (χ0n) is 23.5. The van der Waals surface area contributed by atoms with Gasteiger partial charge < -0.3 is 5.73 Å². The summed E-state index contributed by atoms with van der Waals surface area (Å²) in [5, 5.41) is 10.3. The van der Waals surface area contributed by atoms with Gasteiger partial charge in [0.2, 0.25) is 5.96 Å². The van der Waals surface area contributed by atoms with E-state index in [4.69, 9.17) is 34.0 Å². The van der Waals surface area contributed by atoms with Crippen molar-refractivity contribution in [3.63, 3.8) is 0 Å². The maximum Gasteiger partial charge on any atom is 0.285 e. The maximum absolute atomic E-state index is 13.5. The van der Waals surface area contributed by atoms with E-state index in [0.717, 1.165) is 22.4 Å². The molecule has 0 spiro atoms. The summed E-state index contributed by atoms with van der Waals surface area (Å²) in [6.45, 7) is 4.12. The SMILES string of the molecule is CC(C)(N=C(N)N/C(=N/S(=O)(=O)c1ccc(Cl)cc1)N1CC(c2ccccc2)C(c2ccc(Cl)cc2)=N1)c1ccccc1. The molecule has 0 saturated carbocycles. The Morgan fingerprint density at radius 2 is 1.44 bits per heavy atom. The van der Waals surface area contributed by atoms with E-state index in [2.05, 4.69) is 14.7 Å². The third-order valence-electron chi connectivity index (χ3n) is 6.94. The van der Waals surface area contributed by atoms with Crippen LogP contribution in [0.3, 0.4) is 0 Å². The van der Waals surface area contributed by atoms with E-state index in [-0.39, 0.29) is 22.7 Å². The number of nitrogens with zero attached hydrogens (tertiary/aromatic N) is 4. The highest BCUT2D eigenvalue weighted by Gasteiger charge is 2.33. The fourth-order valence-corrected chi connectivity index (χ4v) is 5.93. The summed E-state index contributed by atoms with van der Waals surface area (Å²) in [7, 11) is -4.20. The van der Waals surface area contributed by atoms with E-state index in [9.17, 15) is 8.42 Å². The molecule has 220 valence electrons. The minimum Gasteiger partial charge on any atom is -0.370 e. The fourth-order valence-electron chi connectivity index (χ4n) is 4.72. The van der Waals surface area contributed by atoms with Gasteiger partial charge in [-0.05, 0) is 66.9 Å². The van der Waals surface area contributed by atoms with Gasteiger partial charge in [-0.3, -0.25) is 5.32 Å². The van der Waals surface area contributed by atoms with E-state index in [1.807, 2.05) is 86.6 Å². The van der Waals surface area contributed by atoms with Gasteiger partial charge in [0.25, 0.3) is 10.0 Å². The highest BCUT2D eigenvalue weighted by molar-refractivity contribution is 7.90. The van der Waals surface area contributed by atoms with Crippen molar-refractivity contribution in [3.05, 3.63) is 136 Å². The van der Waals surface area contributed by atoms with E-state index >= 15 is 0 Å². The minimum absolute atomic E-state index is 0.0229. The lowest BCUT2D eigenvalue weighted by Crippen LogP contribution is -2.46. The first kappa shape index (κ1) is 30.3. The van der Waals surface area contributed by atoms with Crippen molar-refractivity contribution in [1.82, 2.24) is 10.3 Å². The summed E-state index contributed by atoms with van der Waals surface area (Å²) in [5.74, 6) is -0.318. The molecule has 0 saturated heterocycles. The van der Waals surface area contributed by atoms with Crippen LogP contribution in [0.15, 0.2) is 129 Å². The molecule has 0 aliphatic carbocycles. The Balaban J connectivity index is 1.59. The number of nitrogens with two attached hydrogens (primary N) is 1. The van der Waals surface area contributed by atoms with Crippen LogP contribution in [0, 0.1) is 0 Å². The van der Waals surface area contributed by atoms with Gasteiger partial charge in [-0.2, -0.15) is 13.5 Å². The standard InChI is InChI=1S/C32H30Cl2N6O2S/c1-32(2,24-11-7-4-8-12-24)37-30(35)36-31(39-43(41,42)27-19-17-26(34)18-20-27)40-21-28(22-9-5-3-6-10-22)29(38-40)23-13-15-25(33)16-14-23/h3-20,28H,21H2,1-2H3,(H3,35,36,37,39). The number of nitrogens with one attached hydrogen (secondary N) is 1. The number of hydrazone groups is 1. The molecule has 11 heteroatoms. The summed E-state index contributed by atoms with van der Waals surface area (Å²) < 4.78 is 31.2. The predicted molar refractivity (Wildman–Crippen MR) is 174 cm³/mol. The molecule has 0 fully saturated rings. The van der Waals surface area contributed by atoms with Crippen molar-refractivity contribution >= 4 is 50.9 Å². The normalized spacial score (nSPS) is 16.2. The molecule has 8 nitrogen and oxygen atoms in total. The third-order valence-corrected chi connectivity index (χ3v) is 8.72. The molecule has 1 unspecified atom stereocenters. The van der Waals surface area contributed by atoms with Crippen LogP contribution in [0.1, 0.15) is 36.5 Å². The highest BCUT2D eigenvalue weighted by atomic mass is 35.5. The van der Waals surface area contributed by atoms with Crippen LogP contribution < -0.4 is 11.1 Å². The first-order chi connectivity index (χ1) is 20.5. The highest BCUT2D eigenvalue weighted by Crippen LogP contribution is 2.30. The molecule has 5 rings (SSSR count).